The van der Waals surface area contributed by atoms with Crippen molar-refractivity contribution in [3.63, 3.8) is 0 Å². The quantitative estimate of drug-likeness (QED) is 0.700. The lowest BCUT2D eigenvalue weighted by Gasteiger charge is -1.99. The van der Waals surface area contributed by atoms with E-state index < -0.39 is 0 Å². The van der Waals surface area contributed by atoms with Gasteiger partial charge in [0.25, 0.3) is 0 Å². The van der Waals surface area contributed by atoms with Crippen molar-refractivity contribution in [2.45, 2.75) is 5.03 Å². The number of rotatable bonds is 1. The van der Waals surface area contributed by atoms with Crippen molar-refractivity contribution < 1.29 is 0 Å². The third-order valence-electron chi connectivity index (χ3n) is 1.76. The van der Waals surface area contributed by atoms with Gasteiger partial charge in [-0.05, 0) is 30.5 Å². The van der Waals surface area contributed by atoms with Crippen LogP contribution in [0.1, 0.15) is 0 Å². The zero-order chi connectivity index (χ0) is 9.26. The van der Waals surface area contributed by atoms with Crippen LogP contribution in [-0.2, 0) is 0 Å². The molecule has 0 radical (unpaired) electrons. The molecule has 0 aromatic carbocycles. The SMILES string of the molecule is CSc1ccc2ccc(N)nc2n1. The van der Waals surface area contributed by atoms with Crippen molar-refractivity contribution in [1.82, 2.24) is 9.97 Å². The molecule has 4 heteroatoms. The molecule has 0 spiro atoms. The molecule has 0 aliphatic rings. The molecular weight excluding hydrogens is 182 g/mol. The fraction of sp³-hybridized carbons (Fsp3) is 0.111. The fourth-order valence-electron chi connectivity index (χ4n) is 1.11. The Bertz CT molecular complexity index is 442. The van der Waals surface area contributed by atoms with E-state index in [0.717, 1.165) is 10.4 Å². The first-order chi connectivity index (χ1) is 6.29. The first kappa shape index (κ1) is 8.31. The van der Waals surface area contributed by atoms with Gasteiger partial charge in [0, 0.05) is 5.39 Å². The van der Waals surface area contributed by atoms with Crippen molar-refractivity contribution in [1.29, 1.82) is 0 Å². The summed E-state index contributed by atoms with van der Waals surface area (Å²) >= 11 is 1.60. The topological polar surface area (TPSA) is 51.8 Å². The van der Waals surface area contributed by atoms with Crippen molar-refractivity contribution in [3.8, 4) is 0 Å². The second-order valence-electron chi connectivity index (χ2n) is 2.64. The monoisotopic (exact) mass is 191 g/mol. The molecule has 0 fully saturated rings. The normalized spacial score (nSPS) is 10.5. The number of nitrogens with zero attached hydrogens (tertiary/aromatic N) is 2. The molecule has 0 saturated heterocycles. The van der Waals surface area contributed by atoms with Crippen LogP contribution in [0.25, 0.3) is 11.0 Å². The largest absolute Gasteiger partial charge is 0.384 e. The highest BCUT2D eigenvalue weighted by molar-refractivity contribution is 7.98. The van der Waals surface area contributed by atoms with E-state index in [1.54, 1.807) is 17.8 Å². The molecule has 0 unspecified atom stereocenters. The van der Waals surface area contributed by atoms with Crippen LogP contribution < -0.4 is 5.73 Å². The predicted molar refractivity (Wildman–Crippen MR) is 55.7 cm³/mol. The molecule has 2 heterocycles. The van der Waals surface area contributed by atoms with Crippen LogP contribution in [-0.4, -0.2) is 16.2 Å². The number of aromatic nitrogens is 2. The van der Waals surface area contributed by atoms with Crippen molar-refractivity contribution in [2.24, 2.45) is 0 Å². The Morgan fingerprint density at radius 3 is 2.69 bits per heavy atom. The summed E-state index contributed by atoms with van der Waals surface area (Å²) in [4.78, 5) is 8.46. The Balaban J connectivity index is 2.68. The summed E-state index contributed by atoms with van der Waals surface area (Å²) in [5.74, 6) is 0.512. The Hall–Kier alpha value is -1.29. The highest BCUT2D eigenvalue weighted by Crippen LogP contribution is 2.17. The number of anilines is 1. The molecule has 0 atom stereocenters. The summed E-state index contributed by atoms with van der Waals surface area (Å²) in [7, 11) is 0. The summed E-state index contributed by atoms with van der Waals surface area (Å²) in [6.45, 7) is 0. The highest BCUT2D eigenvalue weighted by Gasteiger charge is 1.98. The Morgan fingerprint density at radius 2 is 1.92 bits per heavy atom. The molecule has 0 aliphatic carbocycles. The van der Waals surface area contributed by atoms with Crippen molar-refractivity contribution in [2.75, 3.05) is 12.0 Å². The second kappa shape index (κ2) is 3.22. The molecule has 0 bridgehead atoms. The first-order valence-corrected chi connectivity index (χ1v) is 5.09. The predicted octanol–water partition coefficient (Wildman–Crippen LogP) is 1.93. The van der Waals surface area contributed by atoms with Crippen LogP contribution in [0.5, 0.6) is 0 Å². The van der Waals surface area contributed by atoms with Crippen LogP contribution in [0.4, 0.5) is 5.82 Å². The number of nitrogen functional groups attached to an aromatic ring is 1. The molecule has 2 aromatic heterocycles. The van der Waals surface area contributed by atoms with E-state index in [1.165, 1.54) is 0 Å². The van der Waals surface area contributed by atoms with E-state index in [1.807, 2.05) is 24.5 Å². The Morgan fingerprint density at radius 1 is 1.15 bits per heavy atom. The van der Waals surface area contributed by atoms with Gasteiger partial charge in [0.1, 0.15) is 5.82 Å². The summed E-state index contributed by atoms with van der Waals surface area (Å²) in [6.07, 6.45) is 1.99. The van der Waals surface area contributed by atoms with Gasteiger partial charge in [0.15, 0.2) is 5.65 Å². The van der Waals surface area contributed by atoms with E-state index in [2.05, 4.69) is 9.97 Å². The van der Waals surface area contributed by atoms with E-state index in [0.29, 0.717) is 11.5 Å². The molecular formula is C9H9N3S. The summed E-state index contributed by atoms with van der Waals surface area (Å²) < 4.78 is 0. The number of fused-ring (bicyclic) bond motifs is 1. The maximum atomic E-state index is 5.56. The van der Waals surface area contributed by atoms with Crippen LogP contribution in [0.3, 0.4) is 0 Å². The zero-order valence-electron chi connectivity index (χ0n) is 7.19. The first-order valence-electron chi connectivity index (χ1n) is 3.87. The summed E-state index contributed by atoms with van der Waals surface area (Å²) in [5.41, 5.74) is 6.27. The van der Waals surface area contributed by atoms with Gasteiger partial charge in [0.2, 0.25) is 0 Å². The minimum absolute atomic E-state index is 0.512. The van der Waals surface area contributed by atoms with Crippen LogP contribution in [0.2, 0.25) is 0 Å². The average molecular weight is 191 g/mol. The van der Waals surface area contributed by atoms with E-state index in [4.69, 9.17) is 5.73 Å². The third-order valence-corrected chi connectivity index (χ3v) is 2.40. The molecule has 2 N–H and O–H groups in total. The Kier molecular flexibility index (Phi) is 2.06. The van der Waals surface area contributed by atoms with Crippen LogP contribution >= 0.6 is 11.8 Å². The van der Waals surface area contributed by atoms with Gasteiger partial charge >= 0.3 is 0 Å². The van der Waals surface area contributed by atoms with E-state index in [-0.39, 0.29) is 0 Å². The summed E-state index contributed by atoms with van der Waals surface area (Å²) in [6, 6.07) is 7.68. The minimum atomic E-state index is 0.512. The molecule has 66 valence electrons. The van der Waals surface area contributed by atoms with Gasteiger partial charge in [-0.15, -0.1) is 11.8 Å². The number of nitrogens with two attached hydrogens (primary N) is 1. The minimum Gasteiger partial charge on any atom is -0.384 e. The maximum Gasteiger partial charge on any atom is 0.162 e. The maximum absolute atomic E-state index is 5.56. The molecule has 2 aromatic rings. The lowest BCUT2D eigenvalue weighted by Crippen LogP contribution is -1.92. The highest BCUT2D eigenvalue weighted by atomic mass is 32.2. The van der Waals surface area contributed by atoms with Crippen molar-refractivity contribution >= 4 is 28.6 Å². The number of pyridine rings is 2. The van der Waals surface area contributed by atoms with Gasteiger partial charge in [-0.2, -0.15) is 0 Å². The average Bonchev–Trinajstić information content (AvgIpc) is 2.16. The Labute approximate surface area is 80.4 Å². The zero-order valence-corrected chi connectivity index (χ0v) is 8.01. The van der Waals surface area contributed by atoms with Gasteiger partial charge < -0.3 is 5.73 Å². The van der Waals surface area contributed by atoms with Gasteiger partial charge in [-0.25, -0.2) is 9.97 Å². The smallest absolute Gasteiger partial charge is 0.162 e. The molecule has 2 rings (SSSR count). The number of thioether (sulfide) groups is 1. The number of hydrogen-bond acceptors (Lipinski definition) is 4. The lowest BCUT2D eigenvalue weighted by molar-refractivity contribution is 1.15. The van der Waals surface area contributed by atoms with Crippen molar-refractivity contribution in [3.05, 3.63) is 24.3 Å². The second-order valence-corrected chi connectivity index (χ2v) is 3.46. The lowest BCUT2D eigenvalue weighted by atomic mass is 10.3. The van der Waals surface area contributed by atoms with Gasteiger partial charge in [-0.3, -0.25) is 0 Å². The van der Waals surface area contributed by atoms with Gasteiger partial charge in [0.05, 0.1) is 5.03 Å². The standard InChI is InChI=1S/C9H9N3S/c1-13-8-5-3-6-2-4-7(10)11-9(6)12-8/h2-5H,1H3,(H2,10,11,12). The van der Waals surface area contributed by atoms with Gasteiger partial charge in [-0.1, -0.05) is 0 Å². The third kappa shape index (κ3) is 1.58. The summed E-state index contributed by atoms with van der Waals surface area (Å²) in [5, 5.41) is 1.98. The van der Waals surface area contributed by atoms with E-state index in [9.17, 15) is 0 Å². The molecule has 13 heavy (non-hydrogen) atoms. The van der Waals surface area contributed by atoms with E-state index >= 15 is 0 Å². The number of hydrogen-bond donors (Lipinski definition) is 1. The molecule has 0 saturated carbocycles. The molecule has 0 aliphatic heterocycles. The van der Waals surface area contributed by atoms with Crippen LogP contribution in [0.15, 0.2) is 29.3 Å². The van der Waals surface area contributed by atoms with Crippen LogP contribution in [0, 0.1) is 0 Å². The molecule has 0 amide bonds. The molecule has 3 nitrogen and oxygen atoms in total. The fourth-order valence-corrected chi connectivity index (χ4v) is 1.49.